The summed E-state index contributed by atoms with van der Waals surface area (Å²) in [5, 5.41) is 8.45. The molecule has 11 nitrogen and oxygen atoms in total. The van der Waals surface area contributed by atoms with Crippen LogP contribution < -0.4 is 9.47 Å². The summed E-state index contributed by atoms with van der Waals surface area (Å²) < 4.78 is 50.1. The number of benzene rings is 1. The van der Waals surface area contributed by atoms with Crippen molar-refractivity contribution < 1.29 is 52.5 Å². The second-order valence-electron chi connectivity index (χ2n) is 10.3. The monoisotopic (exact) mass is 694 g/mol. The number of carboxylic acid groups (broad SMARTS) is 1. The Morgan fingerprint density at radius 1 is 0.478 bits per heavy atom. The highest BCUT2D eigenvalue weighted by Gasteiger charge is 2.05. The molecule has 0 heterocycles. The minimum Gasteiger partial charge on any atom is -0.493 e. The van der Waals surface area contributed by atoms with Gasteiger partial charge in [-0.3, -0.25) is 0 Å². The first-order valence-corrected chi connectivity index (χ1v) is 17.8. The molecule has 268 valence electrons. The molecule has 0 aliphatic heterocycles. The zero-order valence-corrected chi connectivity index (χ0v) is 29.3. The minimum atomic E-state index is -0.993. The van der Waals surface area contributed by atoms with Gasteiger partial charge < -0.3 is 47.7 Å². The molecule has 13 heteroatoms. The second kappa shape index (κ2) is 33.6. The van der Waals surface area contributed by atoms with Gasteiger partial charge in [-0.25, -0.2) is 4.79 Å². The van der Waals surface area contributed by atoms with Crippen LogP contribution in [0.5, 0.6) is 11.5 Å². The first kappa shape index (κ1) is 42.7. The number of carboxylic acids is 1. The molecular formula is C33H58O11S2. The van der Waals surface area contributed by atoms with Gasteiger partial charge in [0.2, 0.25) is 0 Å². The average Bonchev–Trinajstić information content (AvgIpc) is 3.05. The topological polar surface area (TPSA) is 120 Å². The first-order chi connectivity index (χ1) is 22.7. The maximum absolute atomic E-state index is 10.3. The molecule has 0 radical (unpaired) electrons. The van der Waals surface area contributed by atoms with Crippen LogP contribution in [0, 0.1) is 0 Å². The molecule has 1 aromatic rings. The Kier molecular flexibility index (Phi) is 31.2. The number of unbranched alkanes of at least 4 members (excludes halogenated alkanes) is 6. The predicted octanol–water partition coefficient (Wildman–Crippen LogP) is 5.13. The van der Waals surface area contributed by atoms with Crippen LogP contribution in [0.4, 0.5) is 0 Å². The molecule has 0 amide bonds. The zero-order valence-electron chi connectivity index (χ0n) is 27.5. The van der Waals surface area contributed by atoms with Crippen molar-refractivity contribution in [3.05, 3.63) is 23.8 Å². The van der Waals surface area contributed by atoms with Gasteiger partial charge in [-0.15, -0.1) is 0 Å². The van der Waals surface area contributed by atoms with Crippen molar-refractivity contribution in [3.63, 3.8) is 0 Å². The lowest BCUT2D eigenvalue weighted by molar-refractivity contribution is -0.142. The molecule has 1 rings (SSSR count). The molecule has 0 aliphatic rings. The number of hydrogen-bond donors (Lipinski definition) is 3. The molecular weight excluding hydrogens is 636 g/mol. The maximum atomic E-state index is 10.3. The second-order valence-corrected chi connectivity index (χ2v) is 11.2. The van der Waals surface area contributed by atoms with Crippen LogP contribution in [0.1, 0.15) is 56.9 Å². The molecule has 0 unspecified atom stereocenters. The molecule has 0 fully saturated rings. The van der Waals surface area contributed by atoms with E-state index in [1.54, 1.807) is 0 Å². The number of ether oxygens (including phenoxy) is 9. The summed E-state index contributed by atoms with van der Waals surface area (Å²) in [7, 11) is 0. The van der Waals surface area contributed by atoms with Crippen molar-refractivity contribution in [3.8, 4) is 11.5 Å². The number of hydrogen-bond acceptors (Lipinski definition) is 12. The van der Waals surface area contributed by atoms with Crippen molar-refractivity contribution in [1.29, 1.82) is 0 Å². The lowest BCUT2D eigenvalue weighted by Crippen LogP contribution is -2.15. The van der Waals surface area contributed by atoms with Crippen molar-refractivity contribution in [1.82, 2.24) is 0 Å². The Balaban J connectivity index is 2.08. The summed E-state index contributed by atoms with van der Waals surface area (Å²) >= 11 is 8.55. The van der Waals surface area contributed by atoms with E-state index in [1.807, 2.05) is 18.2 Å². The van der Waals surface area contributed by atoms with Gasteiger partial charge in [0.05, 0.1) is 99.1 Å². The molecule has 0 aromatic heterocycles. The van der Waals surface area contributed by atoms with E-state index in [1.165, 1.54) is 12.8 Å². The minimum absolute atomic E-state index is 0.242. The van der Waals surface area contributed by atoms with Gasteiger partial charge in [-0.2, -0.15) is 25.3 Å². The van der Waals surface area contributed by atoms with Crippen molar-refractivity contribution in [2.24, 2.45) is 0 Å². The number of thiol groups is 2. The highest BCUT2D eigenvalue weighted by Crippen LogP contribution is 2.24. The van der Waals surface area contributed by atoms with Gasteiger partial charge in [-0.05, 0) is 54.9 Å². The largest absolute Gasteiger partial charge is 0.493 e. The van der Waals surface area contributed by atoms with E-state index in [0.717, 1.165) is 67.1 Å². The number of carbonyl (C=O) groups is 1. The molecule has 0 spiro atoms. The summed E-state index contributed by atoms with van der Waals surface area (Å²) in [5.74, 6) is 2.50. The highest BCUT2D eigenvalue weighted by molar-refractivity contribution is 7.80. The molecule has 0 saturated heterocycles. The van der Waals surface area contributed by atoms with E-state index >= 15 is 0 Å². The molecule has 46 heavy (non-hydrogen) atoms. The molecule has 0 bridgehead atoms. The Morgan fingerprint density at radius 3 is 1.24 bits per heavy atom. The van der Waals surface area contributed by atoms with Crippen molar-refractivity contribution in [2.75, 3.05) is 111 Å². The Labute approximate surface area is 287 Å². The van der Waals surface area contributed by atoms with Crippen molar-refractivity contribution >= 4 is 31.2 Å². The number of aliphatic carboxylic acids is 1. The normalized spacial score (nSPS) is 11.3. The summed E-state index contributed by atoms with van der Waals surface area (Å²) in [4.78, 5) is 10.3. The molecule has 0 aliphatic carbocycles. The third kappa shape index (κ3) is 28.9. The van der Waals surface area contributed by atoms with E-state index < -0.39 is 5.97 Å². The van der Waals surface area contributed by atoms with Gasteiger partial charge >= 0.3 is 5.97 Å². The van der Waals surface area contributed by atoms with Crippen LogP contribution in [0.2, 0.25) is 0 Å². The fourth-order valence-corrected chi connectivity index (χ4v) is 4.41. The van der Waals surface area contributed by atoms with Crippen LogP contribution >= 0.6 is 25.3 Å². The maximum Gasteiger partial charge on any atom is 0.329 e. The summed E-state index contributed by atoms with van der Waals surface area (Å²) in [5.41, 5.74) is 1.01. The van der Waals surface area contributed by atoms with Gasteiger partial charge in [0.15, 0.2) is 0 Å². The first-order valence-electron chi connectivity index (χ1n) is 16.5. The molecule has 0 saturated carbocycles. The smallest absolute Gasteiger partial charge is 0.329 e. The van der Waals surface area contributed by atoms with E-state index in [2.05, 4.69) is 25.3 Å². The van der Waals surface area contributed by atoms with E-state index in [4.69, 9.17) is 47.7 Å². The summed E-state index contributed by atoms with van der Waals surface area (Å²) in [6.07, 6.45) is 8.97. The predicted molar refractivity (Wildman–Crippen MR) is 184 cm³/mol. The van der Waals surface area contributed by atoms with Crippen LogP contribution in [0.3, 0.4) is 0 Å². The number of rotatable bonds is 36. The molecule has 1 aromatic carbocycles. The lowest BCUT2D eigenvalue weighted by atomic mass is 10.2. The SMILES string of the molecule is O=C(O)COCCOCCOCCOCCOCCOCCOCc1cc(OCCCCCCS)cc(OCCCCCCS)c1. The average molecular weight is 695 g/mol. The van der Waals surface area contributed by atoms with Crippen molar-refractivity contribution in [2.45, 2.75) is 58.0 Å². The fraction of sp³-hybridized carbons (Fsp3) is 0.788. The van der Waals surface area contributed by atoms with Gasteiger partial charge in [0, 0.05) is 6.07 Å². The Bertz CT molecular complexity index is 786. The quantitative estimate of drug-likeness (QED) is 0.0641. The zero-order chi connectivity index (χ0) is 33.2. The highest BCUT2D eigenvalue weighted by atomic mass is 32.1. The van der Waals surface area contributed by atoms with Gasteiger partial charge in [0.25, 0.3) is 0 Å². The van der Waals surface area contributed by atoms with Gasteiger partial charge in [0.1, 0.15) is 18.1 Å². The van der Waals surface area contributed by atoms with Crippen LogP contribution in [0.25, 0.3) is 0 Å². The van der Waals surface area contributed by atoms with Crippen LogP contribution in [-0.4, -0.2) is 122 Å². The standard InChI is InChI=1S/C33H58O11S2/c34-33(35)29-42-22-20-40-18-16-38-14-12-36-11-13-37-15-17-39-19-21-41-28-30-25-31(43-9-5-1-3-7-23-45)27-32(26-30)44-10-6-2-4-8-24-46/h25-27,45-46H,1-24,28-29H2,(H,34,35). The Morgan fingerprint density at radius 2 is 0.848 bits per heavy atom. The van der Waals surface area contributed by atoms with E-state index in [-0.39, 0.29) is 13.2 Å². The van der Waals surface area contributed by atoms with Gasteiger partial charge in [-0.1, -0.05) is 25.7 Å². The van der Waals surface area contributed by atoms with E-state index in [9.17, 15) is 4.79 Å². The van der Waals surface area contributed by atoms with Crippen LogP contribution in [0.15, 0.2) is 18.2 Å². The summed E-state index contributed by atoms with van der Waals surface area (Å²) in [6, 6.07) is 6.02. The summed E-state index contributed by atoms with van der Waals surface area (Å²) in [6.45, 7) is 6.74. The van der Waals surface area contributed by atoms with Crippen LogP contribution in [-0.2, 0) is 44.6 Å². The molecule has 0 atom stereocenters. The third-order valence-corrected chi connectivity index (χ3v) is 6.94. The molecule has 1 N–H and O–H groups in total. The fourth-order valence-electron chi connectivity index (χ4n) is 3.96. The van der Waals surface area contributed by atoms with E-state index in [0.29, 0.717) is 92.5 Å². The lowest BCUT2D eigenvalue weighted by Gasteiger charge is -2.13. The Hall–Kier alpha value is -1.29. The third-order valence-electron chi connectivity index (χ3n) is 6.31.